The highest BCUT2D eigenvalue weighted by Crippen LogP contribution is 2.20. The van der Waals surface area contributed by atoms with Gasteiger partial charge in [0.1, 0.15) is 5.76 Å². The van der Waals surface area contributed by atoms with Crippen molar-refractivity contribution in [3.63, 3.8) is 0 Å². The number of nitrogens with two attached hydrogens (primary N) is 1. The fourth-order valence-corrected chi connectivity index (χ4v) is 1.44. The van der Waals surface area contributed by atoms with Crippen molar-refractivity contribution >= 4 is 18.5 Å². The van der Waals surface area contributed by atoms with Crippen molar-refractivity contribution in [1.82, 2.24) is 0 Å². The lowest BCUT2D eigenvalue weighted by Gasteiger charge is -2.00. The summed E-state index contributed by atoms with van der Waals surface area (Å²) in [6.45, 7) is 0. The molecule has 1 heterocycles. The average molecular weight is 231 g/mol. The second kappa shape index (κ2) is 4.44. The first-order chi connectivity index (χ1) is 8.08. The van der Waals surface area contributed by atoms with Gasteiger partial charge in [-0.1, -0.05) is 24.3 Å². The van der Waals surface area contributed by atoms with Gasteiger partial charge in [-0.3, -0.25) is 4.79 Å². The Bertz CT molecular complexity index is 533. The Balaban J connectivity index is 2.30. The van der Waals surface area contributed by atoms with Crippen LogP contribution in [0.15, 0.2) is 40.8 Å². The van der Waals surface area contributed by atoms with Gasteiger partial charge in [-0.05, 0) is 17.6 Å². The number of hydrogen-bond acceptors (Lipinski definition) is 4. The molecule has 2 rings (SSSR count). The van der Waals surface area contributed by atoms with Gasteiger partial charge in [0.15, 0.2) is 5.76 Å². The highest BCUT2D eigenvalue weighted by Gasteiger charge is 2.12. The van der Waals surface area contributed by atoms with Crippen LogP contribution in [0.2, 0.25) is 0 Å². The highest BCUT2D eigenvalue weighted by atomic mass is 16.4. The van der Waals surface area contributed by atoms with E-state index in [1.807, 2.05) is 0 Å². The van der Waals surface area contributed by atoms with E-state index < -0.39 is 13.0 Å². The second-order valence-electron chi connectivity index (χ2n) is 3.52. The molecule has 0 radical (unpaired) electrons. The van der Waals surface area contributed by atoms with Crippen LogP contribution < -0.4 is 11.2 Å². The van der Waals surface area contributed by atoms with Gasteiger partial charge in [0, 0.05) is 5.56 Å². The van der Waals surface area contributed by atoms with E-state index in [1.165, 1.54) is 6.07 Å². The standard InChI is InChI=1S/C11H10BNO4/c13-11(14)10-6-5-9(17-10)7-1-3-8(4-2-7)12(15)16/h1-6,15-16H,(H2,13,14). The second-order valence-corrected chi connectivity index (χ2v) is 3.52. The van der Waals surface area contributed by atoms with Crippen molar-refractivity contribution < 1.29 is 19.3 Å². The zero-order valence-corrected chi connectivity index (χ0v) is 8.83. The van der Waals surface area contributed by atoms with Gasteiger partial charge in [-0.15, -0.1) is 0 Å². The van der Waals surface area contributed by atoms with Crippen LogP contribution in [0.5, 0.6) is 0 Å². The summed E-state index contributed by atoms with van der Waals surface area (Å²) in [6, 6.07) is 9.58. The third-order valence-corrected chi connectivity index (χ3v) is 2.34. The Labute approximate surface area is 97.6 Å². The summed E-state index contributed by atoms with van der Waals surface area (Å²) in [5, 5.41) is 17.9. The zero-order valence-electron chi connectivity index (χ0n) is 8.83. The Kier molecular flexibility index (Phi) is 2.99. The van der Waals surface area contributed by atoms with E-state index in [0.29, 0.717) is 11.2 Å². The quantitative estimate of drug-likeness (QED) is 0.633. The van der Waals surface area contributed by atoms with Crippen LogP contribution in [0.3, 0.4) is 0 Å². The molecular formula is C11H10BNO4. The van der Waals surface area contributed by atoms with Gasteiger partial charge in [-0.25, -0.2) is 0 Å². The normalized spacial score (nSPS) is 10.2. The summed E-state index contributed by atoms with van der Waals surface area (Å²) in [5.74, 6) is -0.0392. The van der Waals surface area contributed by atoms with Crippen LogP contribution in [0, 0.1) is 0 Å². The molecule has 0 saturated carbocycles. The maximum Gasteiger partial charge on any atom is 0.488 e. The molecule has 1 aromatic carbocycles. The summed E-state index contributed by atoms with van der Waals surface area (Å²) in [7, 11) is -1.50. The predicted molar refractivity (Wildman–Crippen MR) is 62.5 cm³/mol. The van der Waals surface area contributed by atoms with E-state index in [-0.39, 0.29) is 5.76 Å². The summed E-state index contributed by atoms with van der Waals surface area (Å²) >= 11 is 0. The fourth-order valence-electron chi connectivity index (χ4n) is 1.44. The molecule has 0 unspecified atom stereocenters. The maximum absolute atomic E-state index is 10.9. The van der Waals surface area contributed by atoms with Crippen LogP contribution in [0.25, 0.3) is 11.3 Å². The van der Waals surface area contributed by atoms with Gasteiger partial charge in [0.2, 0.25) is 0 Å². The molecule has 1 amide bonds. The number of amides is 1. The van der Waals surface area contributed by atoms with Gasteiger partial charge >= 0.3 is 7.12 Å². The molecule has 0 aliphatic heterocycles. The van der Waals surface area contributed by atoms with E-state index in [4.69, 9.17) is 20.2 Å². The van der Waals surface area contributed by atoms with Crippen LogP contribution in [-0.2, 0) is 0 Å². The molecule has 0 fully saturated rings. The molecule has 86 valence electrons. The molecule has 0 spiro atoms. The first-order valence-electron chi connectivity index (χ1n) is 4.94. The van der Waals surface area contributed by atoms with Crippen molar-refractivity contribution in [3.8, 4) is 11.3 Å². The predicted octanol–water partition coefficient (Wildman–Crippen LogP) is -0.275. The van der Waals surface area contributed by atoms with Crippen LogP contribution in [-0.4, -0.2) is 23.1 Å². The van der Waals surface area contributed by atoms with E-state index in [0.717, 1.165) is 5.56 Å². The van der Waals surface area contributed by atoms with Crippen molar-refractivity contribution in [1.29, 1.82) is 0 Å². The molecule has 6 heteroatoms. The Morgan fingerprint density at radius 2 is 1.76 bits per heavy atom. The number of hydrogen-bond donors (Lipinski definition) is 3. The minimum Gasteiger partial charge on any atom is -0.451 e. The van der Waals surface area contributed by atoms with E-state index in [2.05, 4.69) is 0 Å². The number of primary amides is 1. The van der Waals surface area contributed by atoms with Crippen LogP contribution in [0.4, 0.5) is 0 Å². The van der Waals surface area contributed by atoms with Gasteiger partial charge in [0.05, 0.1) is 0 Å². The van der Waals surface area contributed by atoms with Crippen molar-refractivity contribution in [2.75, 3.05) is 0 Å². The maximum atomic E-state index is 10.9. The lowest BCUT2D eigenvalue weighted by atomic mass is 9.80. The molecule has 5 nitrogen and oxygen atoms in total. The number of benzene rings is 1. The summed E-state index contributed by atoms with van der Waals surface area (Å²) in [4.78, 5) is 10.9. The molecule has 0 aliphatic carbocycles. The zero-order chi connectivity index (χ0) is 12.4. The first-order valence-corrected chi connectivity index (χ1v) is 4.94. The van der Waals surface area contributed by atoms with Gasteiger partial charge in [-0.2, -0.15) is 0 Å². The summed E-state index contributed by atoms with van der Waals surface area (Å²) in [5.41, 5.74) is 6.18. The SMILES string of the molecule is NC(=O)c1ccc(-c2ccc(B(O)O)cc2)o1. The minimum atomic E-state index is -1.50. The molecule has 4 N–H and O–H groups in total. The summed E-state index contributed by atoms with van der Waals surface area (Å²) < 4.78 is 5.23. The largest absolute Gasteiger partial charge is 0.488 e. The molecule has 2 aromatic rings. The molecule has 1 aromatic heterocycles. The number of carbonyl (C=O) groups excluding carboxylic acids is 1. The minimum absolute atomic E-state index is 0.0891. The molecule has 0 aliphatic rings. The van der Waals surface area contributed by atoms with Crippen molar-refractivity contribution in [3.05, 3.63) is 42.2 Å². The highest BCUT2D eigenvalue weighted by molar-refractivity contribution is 6.58. The van der Waals surface area contributed by atoms with E-state index in [1.54, 1.807) is 30.3 Å². The Morgan fingerprint density at radius 1 is 1.12 bits per heavy atom. The Hall–Kier alpha value is -2.05. The van der Waals surface area contributed by atoms with Gasteiger partial charge in [0.25, 0.3) is 5.91 Å². The monoisotopic (exact) mass is 231 g/mol. The third kappa shape index (κ3) is 2.38. The fraction of sp³-hybridized carbons (Fsp3) is 0. The molecule has 0 bridgehead atoms. The Morgan fingerprint density at radius 3 is 2.24 bits per heavy atom. The number of carbonyl (C=O) groups is 1. The van der Waals surface area contributed by atoms with Crippen LogP contribution in [0.1, 0.15) is 10.6 Å². The molecule has 0 atom stereocenters. The molecular weight excluding hydrogens is 221 g/mol. The van der Waals surface area contributed by atoms with E-state index in [9.17, 15) is 4.79 Å². The number of furan rings is 1. The number of rotatable bonds is 3. The molecule has 0 saturated heterocycles. The van der Waals surface area contributed by atoms with Crippen molar-refractivity contribution in [2.45, 2.75) is 0 Å². The first kappa shape index (κ1) is 11.4. The summed E-state index contributed by atoms with van der Waals surface area (Å²) in [6.07, 6.45) is 0. The third-order valence-electron chi connectivity index (χ3n) is 2.34. The topological polar surface area (TPSA) is 96.7 Å². The van der Waals surface area contributed by atoms with Crippen LogP contribution >= 0.6 is 0 Å². The van der Waals surface area contributed by atoms with E-state index >= 15 is 0 Å². The average Bonchev–Trinajstić information content (AvgIpc) is 2.78. The van der Waals surface area contributed by atoms with Gasteiger partial charge < -0.3 is 20.2 Å². The smallest absolute Gasteiger partial charge is 0.451 e. The lowest BCUT2D eigenvalue weighted by molar-refractivity contribution is 0.0974. The lowest BCUT2D eigenvalue weighted by Crippen LogP contribution is -2.29. The van der Waals surface area contributed by atoms with Crippen molar-refractivity contribution in [2.24, 2.45) is 5.73 Å². The molecule has 17 heavy (non-hydrogen) atoms.